The molecule has 0 spiro atoms. The third kappa shape index (κ3) is 5.17. The number of hydrogen-bond donors (Lipinski definition) is 0. The van der Waals surface area contributed by atoms with Gasteiger partial charge in [0.05, 0.1) is 5.75 Å². The molecule has 0 amide bonds. The van der Waals surface area contributed by atoms with Crippen molar-refractivity contribution in [3.05, 3.63) is 0 Å². The number of rotatable bonds is 6. The number of sulfonamides is 1. The van der Waals surface area contributed by atoms with E-state index in [1.165, 1.54) is 0 Å². The van der Waals surface area contributed by atoms with Crippen LogP contribution in [0.3, 0.4) is 0 Å². The summed E-state index contributed by atoms with van der Waals surface area (Å²) in [5, 5.41) is 0.720. The normalized spacial score (nSPS) is 18.7. The highest BCUT2D eigenvalue weighted by Gasteiger charge is 2.32. The summed E-state index contributed by atoms with van der Waals surface area (Å²) in [5.74, 6) is 0.278. The Morgan fingerprint density at radius 2 is 1.78 bits per heavy atom. The summed E-state index contributed by atoms with van der Waals surface area (Å²) in [6, 6.07) is 0.243. The Hall–Kier alpha value is 0.390. The second-order valence-electron chi connectivity index (χ2n) is 6.36. The Labute approximate surface area is 121 Å². The zero-order valence-corrected chi connectivity index (χ0v) is 14.2. The average molecular weight is 340 g/mol. The van der Waals surface area contributed by atoms with Gasteiger partial charge in [-0.15, -0.1) is 0 Å². The number of halogens is 1. The number of alkyl halides is 1. The molecule has 0 radical (unpaired) electrons. The Balaban J connectivity index is 2.70. The van der Waals surface area contributed by atoms with Crippen LogP contribution in [0.15, 0.2) is 0 Å². The molecule has 0 bridgehead atoms. The molecule has 0 aromatic carbocycles. The van der Waals surface area contributed by atoms with E-state index >= 15 is 0 Å². The van der Waals surface area contributed by atoms with Gasteiger partial charge in [0.1, 0.15) is 0 Å². The van der Waals surface area contributed by atoms with Crippen LogP contribution in [-0.4, -0.2) is 36.4 Å². The molecule has 1 aliphatic carbocycles. The first kappa shape index (κ1) is 16.4. The zero-order chi connectivity index (χ0) is 13.8. The monoisotopic (exact) mass is 339 g/mol. The van der Waals surface area contributed by atoms with Gasteiger partial charge in [0.2, 0.25) is 10.0 Å². The fourth-order valence-corrected chi connectivity index (χ4v) is 5.13. The van der Waals surface area contributed by atoms with E-state index in [-0.39, 0.29) is 17.2 Å². The lowest BCUT2D eigenvalue weighted by Gasteiger charge is -2.29. The highest BCUT2D eigenvalue weighted by atomic mass is 79.9. The maximum absolute atomic E-state index is 12.5. The molecule has 0 saturated heterocycles. The molecule has 108 valence electrons. The minimum absolute atomic E-state index is 0.0722. The van der Waals surface area contributed by atoms with Gasteiger partial charge < -0.3 is 0 Å². The first-order valence-electron chi connectivity index (χ1n) is 6.82. The maximum Gasteiger partial charge on any atom is 0.214 e. The molecule has 0 heterocycles. The molecule has 0 aliphatic heterocycles. The molecule has 3 nitrogen and oxygen atoms in total. The van der Waals surface area contributed by atoms with E-state index in [4.69, 9.17) is 0 Å². The topological polar surface area (TPSA) is 37.4 Å². The van der Waals surface area contributed by atoms with Crippen LogP contribution in [0.4, 0.5) is 0 Å². The van der Waals surface area contributed by atoms with Gasteiger partial charge in [0.15, 0.2) is 0 Å². The minimum Gasteiger partial charge on any atom is -0.212 e. The highest BCUT2D eigenvalue weighted by Crippen LogP contribution is 2.27. The van der Waals surface area contributed by atoms with Crippen LogP contribution in [0.2, 0.25) is 0 Å². The van der Waals surface area contributed by atoms with Crippen molar-refractivity contribution < 1.29 is 8.42 Å². The Morgan fingerprint density at radius 3 is 2.22 bits per heavy atom. The average Bonchev–Trinajstić information content (AvgIpc) is 2.75. The van der Waals surface area contributed by atoms with Crippen LogP contribution in [-0.2, 0) is 10.0 Å². The summed E-state index contributed by atoms with van der Waals surface area (Å²) in [6.07, 6.45) is 5.11. The van der Waals surface area contributed by atoms with Gasteiger partial charge in [-0.25, -0.2) is 8.42 Å². The van der Waals surface area contributed by atoms with Crippen molar-refractivity contribution in [1.82, 2.24) is 4.31 Å². The second-order valence-corrected chi connectivity index (χ2v) is 9.20. The molecule has 5 heteroatoms. The predicted octanol–water partition coefficient (Wildman–Crippen LogP) is 3.39. The summed E-state index contributed by atoms with van der Waals surface area (Å²) in [5.41, 5.74) is 0.0722. The van der Waals surface area contributed by atoms with Crippen LogP contribution in [0.25, 0.3) is 0 Å². The van der Waals surface area contributed by atoms with Crippen molar-refractivity contribution >= 4 is 26.0 Å². The quantitative estimate of drug-likeness (QED) is 0.695. The largest absolute Gasteiger partial charge is 0.214 e. The highest BCUT2D eigenvalue weighted by molar-refractivity contribution is 9.09. The first-order valence-corrected chi connectivity index (χ1v) is 9.55. The van der Waals surface area contributed by atoms with E-state index in [2.05, 4.69) is 36.7 Å². The van der Waals surface area contributed by atoms with Crippen molar-refractivity contribution in [2.24, 2.45) is 5.41 Å². The molecular weight excluding hydrogens is 314 g/mol. The summed E-state index contributed by atoms with van der Waals surface area (Å²) >= 11 is 3.37. The smallest absolute Gasteiger partial charge is 0.212 e. The summed E-state index contributed by atoms with van der Waals surface area (Å²) in [7, 11) is -3.10. The fraction of sp³-hybridized carbons (Fsp3) is 1.00. The zero-order valence-electron chi connectivity index (χ0n) is 11.8. The van der Waals surface area contributed by atoms with Gasteiger partial charge in [0, 0.05) is 17.9 Å². The molecule has 1 aliphatic rings. The van der Waals surface area contributed by atoms with Crippen LogP contribution < -0.4 is 0 Å². The van der Waals surface area contributed by atoms with Crippen molar-refractivity contribution in [3.63, 3.8) is 0 Å². The molecule has 1 fully saturated rings. The van der Waals surface area contributed by atoms with E-state index in [0.717, 1.165) is 37.4 Å². The van der Waals surface area contributed by atoms with E-state index in [1.54, 1.807) is 4.31 Å². The SMILES string of the molecule is CC(C)(C)CCS(=O)(=O)N(CCBr)C1CCCC1. The van der Waals surface area contributed by atoms with Crippen LogP contribution in [0.5, 0.6) is 0 Å². The Kier molecular flexibility index (Phi) is 6.13. The lowest BCUT2D eigenvalue weighted by Crippen LogP contribution is -2.41. The first-order chi connectivity index (χ1) is 8.26. The van der Waals surface area contributed by atoms with Gasteiger partial charge >= 0.3 is 0 Å². The van der Waals surface area contributed by atoms with E-state index in [1.807, 2.05) is 0 Å². The number of hydrogen-bond acceptors (Lipinski definition) is 2. The van der Waals surface area contributed by atoms with Crippen molar-refractivity contribution in [2.75, 3.05) is 17.6 Å². The van der Waals surface area contributed by atoms with Crippen LogP contribution in [0, 0.1) is 5.41 Å². The van der Waals surface area contributed by atoms with E-state index < -0.39 is 10.0 Å². The third-order valence-corrected chi connectivity index (χ3v) is 5.77. The van der Waals surface area contributed by atoms with E-state index in [0.29, 0.717) is 6.54 Å². The van der Waals surface area contributed by atoms with Gasteiger partial charge in [-0.2, -0.15) is 4.31 Å². The predicted molar refractivity (Wildman–Crippen MR) is 80.6 cm³/mol. The summed E-state index contributed by atoms with van der Waals surface area (Å²) < 4.78 is 26.7. The van der Waals surface area contributed by atoms with Crippen molar-refractivity contribution in [3.8, 4) is 0 Å². The van der Waals surface area contributed by atoms with Crippen molar-refractivity contribution in [2.45, 2.75) is 58.9 Å². The molecule has 1 saturated carbocycles. The summed E-state index contributed by atoms with van der Waals surface area (Å²) in [6.45, 7) is 6.88. The van der Waals surface area contributed by atoms with Gasteiger partial charge in [-0.05, 0) is 24.7 Å². The molecule has 0 N–H and O–H groups in total. The van der Waals surface area contributed by atoms with E-state index in [9.17, 15) is 8.42 Å². The molecule has 1 rings (SSSR count). The lowest BCUT2D eigenvalue weighted by atomic mass is 9.94. The fourth-order valence-electron chi connectivity index (χ4n) is 2.38. The summed E-state index contributed by atoms with van der Waals surface area (Å²) in [4.78, 5) is 0. The Bertz CT molecular complexity index is 342. The van der Waals surface area contributed by atoms with Gasteiger partial charge in [-0.3, -0.25) is 0 Å². The molecule has 0 unspecified atom stereocenters. The molecule has 18 heavy (non-hydrogen) atoms. The lowest BCUT2D eigenvalue weighted by molar-refractivity contribution is 0.330. The van der Waals surface area contributed by atoms with Gasteiger partial charge in [0.25, 0.3) is 0 Å². The van der Waals surface area contributed by atoms with Crippen LogP contribution in [0.1, 0.15) is 52.9 Å². The Morgan fingerprint density at radius 1 is 1.22 bits per heavy atom. The third-order valence-electron chi connectivity index (χ3n) is 3.50. The number of nitrogens with zero attached hydrogens (tertiary/aromatic N) is 1. The molecule has 0 atom stereocenters. The van der Waals surface area contributed by atoms with Gasteiger partial charge in [-0.1, -0.05) is 49.5 Å². The minimum atomic E-state index is -3.10. The maximum atomic E-state index is 12.5. The second kappa shape index (κ2) is 6.71. The van der Waals surface area contributed by atoms with Crippen LogP contribution >= 0.6 is 15.9 Å². The molecule has 0 aromatic rings. The molecule has 0 aromatic heterocycles. The van der Waals surface area contributed by atoms with Crippen molar-refractivity contribution in [1.29, 1.82) is 0 Å². The standard InChI is InChI=1S/C13H26BrNO2S/c1-13(2,3)8-11-18(16,17)15(10-9-14)12-6-4-5-7-12/h12H,4-11H2,1-3H3. The molecular formula is C13H26BrNO2S.